The van der Waals surface area contributed by atoms with Gasteiger partial charge in [0.15, 0.2) is 5.76 Å². The average Bonchev–Trinajstić information content (AvgIpc) is 3.18. The first-order valence-electron chi connectivity index (χ1n) is 7.81. The van der Waals surface area contributed by atoms with E-state index >= 15 is 0 Å². The third-order valence-corrected chi connectivity index (χ3v) is 3.89. The largest absolute Gasteiger partial charge is 0.504 e. The van der Waals surface area contributed by atoms with Crippen LogP contribution in [0.1, 0.15) is 0 Å². The smallest absolute Gasteiger partial charge is 0.459 e. The molecule has 2 aromatic heterocycles. The van der Waals surface area contributed by atoms with Crippen molar-refractivity contribution in [3.8, 4) is 11.7 Å². The van der Waals surface area contributed by atoms with E-state index in [1.54, 1.807) is 6.26 Å². The summed E-state index contributed by atoms with van der Waals surface area (Å²) in [5, 5.41) is 0. The minimum atomic E-state index is 0.438. The molecule has 8 nitrogen and oxygen atoms in total. The third kappa shape index (κ3) is 3.13. The molecule has 0 bridgehead atoms. The van der Waals surface area contributed by atoms with Gasteiger partial charge in [0, 0.05) is 18.1 Å². The maximum atomic E-state index is 5.89. The van der Waals surface area contributed by atoms with Crippen molar-refractivity contribution in [2.24, 2.45) is 0 Å². The van der Waals surface area contributed by atoms with Crippen molar-refractivity contribution in [1.82, 2.24) is 14.5 Å². The fourth-order valence-electron chi connectivity index (χ4n) is 2.63. The van der Waals surface area contributed by atoms with Gasteiger partial charge in [-0.25, -0.2) is 4.58 Å². The zero-order valence-electron chi connectivity index (χ0n) is 12.8. The number of morpholine rings is 2. The highest BCUT2D eigenvalue weighted by atomic mass is 16.5. The van der Waals surface area contributed by atoms with Crippen molar-refractivity contribution < 1.29 is 18.3 Å². The summed E-state index contributed by atoms with van der Waals surface area (Å²) in [6.07, 6.45) is 1.61. The molecule has 4 heterocycles. The number of anilines is 1. The van der Waals surface area contributed by atoms with Crippen LogP contribution in [-0.2, 0) is 9.47 Å². The van der Waals surface area contributed by atoms with Crippen molar-refractivity contribution in [2.75, 3.05) is 57.5 Å². The standard InChI is InChI=1S/C15H19N4O4/c1-2-12(22-7-1)13-16-14(18-3-8-20-9-4-18)17-15(23-13)19-5-10-21-11-6-19/h1-2,7H,3-6,8-11H2/q+1. The molecule has 2 saturated heterocycles. The van der Waals surface area contributed by atoms with E-state index in [9.17, 15) is 0 Å². The number of aromatic nitrogens is 2. The quantitative estimate of drug-likeness (QED) is 0.719. The highest BCUT2D eigenvalue weighted by Crippen LogP contribution is 2.18. The van der Waals surface area contributed by atoms with Crippen molar-refractivity contribution in [1.29, 1.82) is 0 Å². The van der Waals surface area contributed by atoms with Crippen molar-refractivity contribution in [2.45, 2.75) is 0 Å². The van der Waals surface area contributed by atoms with E-state index in [2.05, 4.69) is 19.4 Å². The number of hydrogen-bond acceptors (Lipinski definition) is 7. The van der Waals surface area contributed by atoms with Gasteiger partial charge >= 0.3 is 11.6 Å². The molecule has 23 heavy (non-hydrogen) atoms. The molecule has 2 fully saturated rings. The highest BCUT2D eigenvalue weighted by molar-refractivity contribution is 5.46. The fourth-order valence-corrected chi connectivity index (χ4v) is 2.63. The van der Waals surface area contributed by atoms with Gasteiger partial charge < -0.3 is 23.2 Å². The van der Waals surface area contributed by atoms with Gasteiger partial charge in [-0.2, -0.15) is 0 Å². The van der Waals surface area contributed by atoms with Gasteiger partial charge in [0.25, 0.3) is 5.89 Å². The van der Waals surface area contributed by atoms with Crippen LogP contribution in [0.15, 0.2) is 27.2 Å². The van der Waals surface area contributed by atoms with Gasteiger partial charge in [0.1, 0.15) is 13.1 Å². The Hall–Kier alpha value is -2.19. The van der Waals surface area contributed by atoms with Crippen LogP contribution in [0.3, 0.4) is 0 Å². The van der Waals surface area contributed by atoms with Crippen LogP contribution in [0.25, 0.3) is 11.7 Å². The minimum absolute atomic E-state index is 0.438. The first-order chi connectivity index (χ1) is 11.4. The SMILES string of the molecule is c1coc(-c2nc(N3CCOCC3)nc(=[N+]3CCOCC3)o2)c1. The van der Waals surface area contributed by atoms with Crippen molar-refractivity contribution in [3.05, 3.63) is 24.1 Å². The first kappa shape index (κ1) is 14.4. The molecule has 122 valence electrons. The minimum Gasteiger partial charge on any atom is -0.459 e. The average molecular weight is 319 g/mol. The summed E-state index contributed by atoms with van der Waals surface area (Å²) in [6.45, 7) is 5.73. The van der Waals surface area contributed by atoms with Gasteiger partial charge in [0.05, 0.1) is 32.7 Å². The zero-order chi connectivity index (χ0) is 15.5. The molecule has 2 aliphatic heterocycles. The summed E-state index contributed by atoms with van der Waals surface area (Å²) in [7, 11) is 0. The van der Waals surface area contributed by atoms with E-state index in [-0.39, 0.29) is 0 Å². The van der Waals surface area contributed by atoms with Crippen LogP contribution in [0.5, 0.6) is 0 Å². The molecule has 2 aliphatic rings. The van der Waals surface area contributed by atoms with E-state index in [0.717, 1.165) is 26.2 Å². The third-order valence-electron chi connectivity index (χ3n) is 3.89. The Balaban J connectivity index is 1.80. The summed E-state index contributed by atoms with van der Waals surface area (Å²) in [5.74, 6) is 1.68. The molecule has 2 aromatic rings. The van der Waals surface area contributed by atoms with E-state index in [1.807, 2.05) is 12.1 Å². The number of furan rings is 1. The lowest BCUT2D eigenvalue weighted by molar-refractivity contribution is 0.0907. The number of hydrogen-bond donors (Lipinski definition) is 0. The number of ether oxygens (including phenoxy) is 2. The summed E-state index contributed by atoms with van der Waals surface area (Å²) < 4.78 is 24.2. The normalized spacial score (nSPS) is 19.1. The topological polar surface area (TPSA) is 76.8 Å². The molecule has 0 spiro atoms. The Labute approximate surface area is 133 Å². The summed E-state index contributed by atoms with van der Waals surface area (Å²) in [4.78, 5) is 11.3. The van der Waals surface area contributed by atoms with Crippen LogP contribution in [-0.4, -0.2) is 62.6 Å². The molecular weight excluding hydrogens is 300 g/mol. The second-order valence-electron chi connectivity index (χ2n) is 5.39. The summed E-state index contributed by atoms with van der Waals surface area (Å²) in [6, 6.07) is 3.65. The molecule has 8 heteroatoms. The molecule has 4 rings (SSSR count). The van der Waals surface area contributed by atoms with E-state index in [4.69, 9.17) is 18.3 Å². The van der Waals surface area contributed by atoms with Crippen LogP contribution < -0.4 is 15.2 Å². The van der Waals surface area contributed by atoms with Crippen molar-refractivity contribution in [3.63, 3.8) is 0 Å². The second kappa shape index (κ2) is 6.51. The Morgan fingerprint density at radius 1 is 1.00 bits per heavy atom. The second-order valence-corrected chi connectivity index (χ2v) is 5.39. The number of rotatable bonds is 2. The van der Waals surface area contributed by atoms with Crippen LogP contribution in [0.4, 0.5) is 5.95 Å². The van der Waals surface area contributed by atoms with Gasteiger partial charge in [-0.1, -0.05) is 0 Å². The van der Waals surface area contributed by atoms with Gasteiger partial charge in [0.2, 0.25) is 0 Å². The Morgan fingerprint density at radius 2 is 1.78 bits per heavy atom. The molecule has 0 radical (unpaired) electrons. The Morgan fingerprint density at radius 3 is 2.52 bits per heavy atom. The van der Waals surface area contributed by atoms with E-state index in [0.29, 0.717) is 49.7 Å². The van der Waals surface area contributed by atoms with Gasteiger partial charge in [-0.05, 0) is 12.1 Å². The molecule has 0 unspecified atom stereocenters. The Kier molecular flexibility index (Phi) is 4.08. The predicted octanol–water partition coefficient (Wildman–Crippen LogP) is -0.0314. The van der Waals surface area contributed by atoms with Gasteiger partial charge in [-0.15, -0.1) is 4.98 Å². The monoisotopic (exact) mass is 319 g/mol. The lowest BCUT2D eigenvalue weighted by Crippen LogP contribution is -2.43. The molecule has 0 amide bonds. The zero-order valence-corrected chi connectivity index (χ0v) is 12.8. The lowest BCUT2D eigenvalue weighted by atomic mass is 10.4. The predicted molar refractivity (Wildman–Crippen MR) is 80.9 cm³/mol. The van der Waals surface area contributed by atoms with E-state index in [1.165, 1.54) is 0 Å². The molecule has 0 N–H and O–H groups in total. The first-order valence-corrected chi connectivity index (χ1v) is 7.81. The maximum Gasteiger partial charge on any atom is 0.504 e. The molecule has 0 saturated carbocycles. The van der Waals surface area contributed by atoms with Crippen LogP contribution >= 0.6 is 0 Å². The van der Waals surface area contributed by atoms with Crippen LogP contribution in [0, 0.1) is 0 Å². The van der Waals surface area contributed by atoms with Crippen LogP contribution in [0.2, 0.25) is 0 Å². The van der Waals surface area contributed by atoms with Crippen molar-refractivity contribution >= 4 is 5.95 Å². The molecule has 0 atom stereocenters. The molecule has 0 aromatic carbocycles. The maximum absolute atomic E-state index is 5.89. The fraction of sp³-hybridized carbons (Fsp3) is 0.533. The lowest BCUT2D eigenvalue weighted by Gasteiger charge is -2.24. The van der Waals surface area contributed by atoms with E-state index < -0.39 is 0 Å². The van der Waals surface area contributed by atoms with Gasteiger partial charge in [-0.3, -0.25) is 0 Å². The summed E-state index contributed by atoms with van der Waals surface area (Å²) >= 11 is 0. The molecule has 0 aliphatic carbocycles. The Bertz CT molecular complexity index is 711. The number of nitrogens with zero attached hydrogens (tertiary/aromatic N) is 4. The summed E-state index contributed by atoms with van der Waals surface area (Å²) in [5.41, 5.74) is 0.552. The highest BCUT2D eigenvalue weighted by Gasteiger charge is 2.24. The molecular formula is C15H19N4O4+.